The van der Waals surface area contributed by atoms with Crippen molar-refractivity contribution in [2.24, 2.45) is 11.8 Å². The molecule has 1 N–H and O–H groups in total. The third kappa shape index (κ3) is 8.06. The van der Waals surface area contributed by atoms with Gasteiger partial charge in [-0.25, -0.2) is 0 Å². The van der Waals surface area contributed by atoms with Crippen LogP contribution in [-0.4, -0.2) is 51.7 Å². The van der Waals surface area contributed by atoms with Gasteiger partial charge in [0.05, 0.1) is 32.5 Å². The van der Waals surface area contributed by atoms with E-state index in [4.69, 9.17) is 18.6 Å². The van der Waals surface area contributed by atoms with Crippen LogP contribution in [0.15, 0.2) is 84.9 Å². The van der Waals surface area contributed by atoms with E-state index in [1.807, 2.05) is 60.7 Å². The van der Waals surface area contributed by atoms with Crippen molar-refractivity contribution in [1.82, 2.24) is 0 Å². The number of ether oxygens (including phenoxy) is 3. The van der Waals surface area contributed by atoms with Crippen LogP contribution in [0.4, 0.5) is 0 Å². The fourth-order valence-electron chi connectivity index (χ4n) is 6.44. The Kier molecular flexibility index (Phi) is 12.0. The molecule has 3 aromatic carbocycles. The van der Waals surface area contributed by atoms with E-state index in [2.05, 4.69) is 58.9 Å². The molecule has 0 bridgehead atoms. The molecule has 1 aliphatic rings. The normalized spacial score (nSPS) is 20.6. The first kappa shape index (κ1) is 34.1. The van der Waals surface area contributed by atoms with Crippen LogP contribution in [0.25, 0.3) is 0 Å². The molecule has 1 unspecified atom stereocenters. The van der Waals surface area contributed by atoms with Crippen LogP contribution in [0.5, 0.6) is 5.75 Å². The lowest BCUT2D eigenvalue weighted by Gasteiger charge is -2.43. The first-order chi connectivity index (χ1) is 21.1. The van der Waals surface area contributed by atoms with Gasteiger partial charge in [0.25, 0.3) is 8.32 Å². The van der Waals surface area contributed by atoms with Gasteiger partial charge in [-0.2, -0.15) is 0 Å². The van der Waals surface area contributed by atoms with E-state index in [0.29, 0.717) is 19.4 Å². The SMILES string of the molecule is CC[C@@H]1COC(c2ccc(OC)cc2)O[C@@H]1[C@H](C)CCC(=O)C[C@H](O)CO[Si](c1ccccc1)(c1ccccc1)C(C)(C)C. The fraction of sp³-hybridized carbons (Fsp3) is 0.486. The zero-order valence-electron chi connectivity index (χ0n) is 27.2. The van der Waals surface area contributed by atoms with Crippen molar-refractivity contribution in [2.45, 2.75) is 83.8 Å². The van der Waals surface area contributed by atoms with Gasteiger partial charge >= 0.3 is 0 Å². The maximum atomic E-state index is 13.1. The Labute approximate surface area is 264 Å². The molecule has 0 spiro atoms. The average Bonchev–Trinajstić information content (AvgIpc) is 3.04. The van der Waals surface area contributed by atoms with E-state index in [0.717, 1.165) is 28.1 Å². The molecule has 7 heteroatoms. The minimum atomic E-state index is -2.78. The first-order valence-electron chi connectivity index (χ1n) is 15.9. The van der Waals surface area contributed by atoms with Crippen LogP contribution in [0, 0.1) is 11.8 Å². The number of hydrogen-bond acceptors (Lipinski definition) is 6. The van der Waals surface area contributed by atoms with Crippen LogP contribution >= 0.6 is 0 Å². The number of Topliss-reactive ketones (excluding diaryl/α,β-unsaturated/α-hetero) is 1. The largest absolute Gasteiger partial charge is 0.497 e. The number of rotatable bonds is 14. The van der Waals surface area contributed by atoms with Gasteiger partial charge in [-0.15, -0.1) is 0 Å². The highest BCUT2D eigenvalue weighted by Crippen LogP contribution is 2.38. The third-order valence-corrected chi connectivity index (χ3v) is 13.9. The first-order valence-corrected chi connectivity index (χ1v) is 17.9. The molecule has 0 aliphatic carbocycles. The molecule has 4 rings (SSSR count). The van der Waals surface area contributed by atoms with E-state index >= 15 is 0 Å². The maximum Gasteiger partial charge on any atom is 0.261 e. The lowest BCUT2D eigenvalue weighted by atomic mass is 9.86. The molecule has 44 heavy (non-hydrogen) atoms. The highest BCUT2D eigenvalue weighted by atomic mass is 28.4. The molecule has 6 nitrogen and oxygen atoms in total. The minimum absolute atomic E-state index is 0.0166. The Morgan fingerprint density at radius 3 is 2.09 bits per heavy atom. The molecule has 238 valence electrons. The zero-order valence-corrected chi connectivity index (χ0v) is 28.2. The van der Waals surface area contributed by atoms with Crippen LogP contribution in [0.1, 0.15) is 72.2 Å². The Morgan fingerprint density at radius 1 is 0.977 bits per heavy atom. The predicted molar refractivity (Wildman–Crippen MR) is 178 cm³/mol. The number of ketones is 1. The van der Waals surface area contributed by atoms with Crippen molar-refractivity contribution in [1.29, 1.82) is 0 Å². The molecule has 0 amide bonds. The van der Waals surface area contributed by atoms with Crippen molar-refractivity contribution < 1.29 is 28.5 Å². The molecule has 5 atom stereocenters. The summed E-state index contributed by atoms with van der Waals surface area (Å²) in [5, 5.41) is 13.2. The zero-order chi connectivity index (χ0) is 31.7. The molecular formula is C37H50O6Si. The van der Waals surface area contributed by atoms with Gasteiger partial charge in [-0.3, -0.25) is 4.79 Å². The minimum Gasteiger partial charge on any atom is -0.497 e. The molecular weight excluding hydrogens is 568 g/mol. The molecule has 0 aromatic heterocycles. The Balaban J connectivity index is 1.36. The molecule has 1 heterocycles. The fourth-order valence-corrected chi connectivity index (χ4v) is 11.0. The van der Waals surface area contributed by atoms with Crippen molar-refractivity contribution in [3.63, 3.8) is 0 Å². The summed E-state index contributed by atoms with van der Waals surface area (Å²) in [4.78, 5) is 13.1. The van der Waals surface area contributed by atoms with Gasteiger partial charge in [-0.1, -0.05) is 107 Å². The van der Waals surface area contributed by atoms with Crippen molar-refractivity contribution >= 4 is 24.5 Å². The second-order valence-electron chi connectivity index (χ2n) is 13.1. The third-order valence-electron chi connectivity index (χ3n) is 8.93. The topological polar surface area (TPSA) is 74.2 Å². The van der Waals surface area contributed by atoms with Crippen molar-refractivity contribution in [3.8, 4) is 5.75 Å². The number of aliphatic hydroxyl groups is 1. The van der Waals surface area contributed by atoms with Crippen LogP contribution in [-0.2, 0) is 18.7 Å². The van der Waals surface area contributed by atoms with E-state index in [9.17, 15) is 9.90 Å². The van der Waals surface area contributed by atoms with Crippen LogP contribution < -0.4 is 15.1 Å². The van der Waals surface area contributed by atoms with E-state index in [1.54, 1.807) is 7.11 Å². The second kappa shape index (κ2) is 15.5. The predicted octanol–water partition coefficient (Wildman–Crippen LogP) is 6.45. The Hall–Kier alpha value is -2.81. The summed E-state index contributed by atoms with van der Waals surface area (Å²) in [7, 11) is -1.13. The highest BCUT2D eigenvalue weighted by molar-refractivity contribution is 6.99. The van der Waals surface area contributed by atoms with Crippen molar-refractivity contribution in [3.05, 3.63) is 90.5 Å². The standard InChI is InChI=1S/C37H50O6Si/c1-7-28-25-41-36(29-19-22-32(40-6)23-20-29)43-35(28)27(2)18-21-30(38)24-31(39)26-42-44(37(3,4)5,33-14-10-8-11-15-33)34-16-12-9-13-17-34/h8-17,19-20,22-23,27-28,31,35-36,39H,7,18,21,24-26H2,1-6H3/t27-,28-,31+,35-,36?/m1/s1. The molecule has 1 saturated heterocycles. The van der Waals surface area contributed by atoms with E-state index in [-0.39, 0.29) is 41.8 Å². The number of aliphatic hydroxyl groups excluding tert-OH is 1. The summed E-state index contributed by atoms with van der Waals surface area (Å²) in [5.74, 6) is 1.26. The Morgan fingerprint density at radius 2 is 1.57 bits per heavy atom. The van der Waals surface area contributed by atoms with Gasteiger partial charge in [0.15, 0.2) is 6.29 Å². The molecule has 1 aliphatic heterocycles. The monoisotopic (exact) mass is 618 g/mol. The molecule has 0 radical (unpaired) electrons. The van der Waals surface area contributed by atoms with E-state index in [1.165, 1.54) is 0 Å². The summed E-state index contributed by atoms with van der Waals surface area (Å²) in [5.41, 5.74) is 0.956. The number of carbonyl (C=O) groups is 1. The lowest BCUT2D eigenvalue weighted by molar-refractivity contribution is -0.253. The Bertz CT molecular complexity index is 1250. The molecule has 3 aromatic rings. The van der Waals surface area contributed by atoms with Gasteiger partial charge in [0.1, 0.15) is 11.5 Å². The number of benzene rings is 3. The summed E-state index contributed by atoms with van der Waals surface area (Å²) < 4.78 is 24.7. The summed E-state index contributed by atoms with van der Waals surface area (Å²) in [6.45, 7) is 11.7. The quantitative estimate of drug-likeness (QED) is 0.210. The summed E-state index contributed by atoms with van der Waals surface area (Å²) >= 11 is 0. The number of hydrogen-bond donors (Lipinski definition) is 1. The van der Waals surface area contributed by atoms with Crippen molar-refractivity contribution in [2.75, 3.05) is 20.3 Å². The highest BCUT2D eigenvalue weighted by Gasteiger charge is 2.50. The summed E-state index contributed by atoms with van der Waals surface area (Å²) in [6, 6.07) is 28.5. The maximum absolute atomic E-state index is 13.1. The number of carbonyl (C=O) groups excluding carboxylic acids is 1. The van der Waals surface area contributed by atoms with E-state index < -0.39 is 20.7 Å². The van der Waals surface area contributed by atoms with Crippen LogP contribution in [0.2, 0.25) is 5.04 Å². The smallest absolute Gasteiger partial charge is 0.261 e. The average molecular weight is 619 g/mol. The van der Waals surface area contributed by atoms with Gasteiger partial charge in [0, 0.05) is 24.3 Å². The molecule has 0 saturated carbocycles. The number of methoxy groups -OCH3 is 1. The van der Waals surface area contributed by atoms with Gasteiger partial charge in [0.2, 0.25) is 0 Å². The molecule has 1 fully saturated rings. The van der Waals surface area contributed by atoms with Crippen LogP contribution in [0.3, 0.4) is 0 Å². The summed E-state index contributed by atoms with van der Waals surface area (Å²) in [6.07, 6.45) is 0.771. The lowest BCUT2D eigenvalue weighted by Crippen LogP contribution is -2.67. The van der Waals surface area contributed by atoms with Gasteiger partial charge < -0.3 is 23.7 Å². The van der Waals surface area contributed by atoms with Gasteiger partial charge in [-0.05, 0) is 46.3 Å². The second-order valence-corrected chi connectivity index (χ2v) is 17.4.